The molecular formula is C25H24ClN3O4S. The second-order valence-electron chi connectivity index (χ2n) is 7.90. The first-order valence-corrected chi connectivity index (χ1v) is 12.8. The van der Waals surface area contributed by atoms with E-state index in [4.69, 9.17) is 16.3 Å². The summed E-state index contributed by atoms with van der Waals surface area (Å²) in [6.45, 7) is 2.59. The summed E-state index contributed by atoms with van der Waals surface area (Å²) >= 11 is 6.24. The Balaban J connectivity index is 1.42. The van der Waals surface area contributed by atoms with Crippen LogP contribution in [0, 0.1) is 0 Å². The van der Waals surface area contributed by atoms with Gasteiger partial charge < -0.3 is 4.74 Å². The van der Waals surface area contributed by atoms with Crippen molar-refractivity contribution >= 4 is 38.3 Å². The molecule has 0 amide bonds. The molecule has 0 unspecified atom stereocenters. The highest BCUT2D eigenvalue weighted by Crippen LogP contribution is 2.30. The predicted molar refractivity (Wildman–Crippen MR) is 130 cm³/mol. The molecule has 9 heteroatoms. The highest BCUT2D eigenvalue weighted by molar-refractivity contribution is 7.91. The van der Waals surface area contributed by atoms with E-state index in [1.54, 1.807) is 42.6 Å². The number of carbonyl (C=O) groups is 1. The van der Waals surface area contributed by atoms with E-state index < -0.39 is 9.84 Å². The molecule has 0 fully saturated rings. The number of rotatable bonds is 10. The number of ketones is 1. The van der Waals surface area contributed by atoms with Gasteiger partial charge in [-0.2, -0.15) is 5.10 Å². The Morgan fingerprint density at radius 2 is 1.82 bits per heavy atom. The minimum atomic E-state index is -3.73. The summed E-state index contributed by atoms with van der Waals surface area (Å²) in [5, 5.41) is 7.70. The number of Topliss-reactive ketones (excluding diaryl/α,β-unsaturated/α-hetero) is 1. The number of halogens is 1. The molecule has 0 aliphatic carbocycles. The van der Waals surface area contributed by atoms with E-state index in [9.17, 15) is 13.2 Å². The quantitative estimate of drug-likeness (QED) is 0.231. The van der Waals surface area contributed by atoms with Crippen LogP contribution in [-0.2, 0) is 16.3 Å². The number of aryl methyl sites for hydroxylation is 1. The number of carbonyl (C=O) groups excluding carboxylic acids is 1. The van der Waals surface area contributed by atoms with Gasteiger partial charge in [-0.1, -0.05) is 37.1 Å². The van der Waals surface area contributed by atoms with Gasteiger partial charge in [0.25, 0.3) is 0 Å². The van der Waals surface area contributed by atoms with E-state index in [0.717, 1.165) is 23.8 Å². The largest absolute Gasteiger partial charge is 0.492 e. The average molecular weight is 498 g/mol. The van der Waals surface area contributed by atoms with Gasteiger partial charge in [-0.15, -0.1) is 0 Å². The number of ether oxygens (including phenoxy) is 1. The van der Waals surface area contributed by atoms with Gasteiger partial charge in [0.15, 0.2) is 11.4 Å². The second-order valence-corrected chi connectivity index (χ2v) is 10.3. The van der Waals surface area contributed by atoms with Gasteiger partial charge in [0.05, 0.1) is 27.6 Å². The van der Waals surface area contributed by atoms with Crippen LogP contribution in [0.1, 0.15) is 42.1 Å². The molecule has 0 atom stereocenters. The summed E-state index contributed by atoms with van der Waals surface area (Å²) in [5.74, 6) is 0.430. The molecule has 0 bridgehead atoms. The third kappa shape index (κ3) is 5.29. The van der Waals surface area contributed by atoms with Crippen LogP contribution in [0.4, 0.5) is 0 Å². The first-order valence-electron chi connectivity index (χ1n) is 11.0. The van der Waals surface area contributed by atoms with Crippen molar-refractivity contribution in [2.75, 3.05) is 6.61 Å². The van der Waals surface area contributed by atoms with E-state index in [-0.39, 0.29) is 27.0 Å². The average Bonchev–Trinajstić information content (AvgIpc) is 3.32. The lowest BCUT2D eigenvalue weighted by Crippen LogP contribution is -2.04. The summed E-state index contributed by atoms with van der Waals surface area (Å²) < 4.78 is 31.7. The fraction of sp³-hybridized carbons (Fsp3) is 0.240. The smallest absolute Gasteiger partial charge is 0.206 e. The number of hydrogen-bond acceptors (Lipinski definition) is 6. The number of nitrogens with zero attached hydrogens (tertiary/aromatic N) is 2. The molecule has 0 spiro atoms. The molecule has 0 radical (unpaired) electrons. The third-order valence-corrected chi connectivity index (χ3v) is 7.52. The number of benzene rings is 2. The van der Waals surface area contributed by atoms with E-state index in [0.29, 0.717) is 30.0 Å². The van der Waals surface area contributed by atoms with E-state index in [1.807, 2.05) is 0 Å². The van der Waals surface area contributed by atoms with Crippen LogP contribution in [0.3, 0.4) is 0 Å². The molecule has 0 aliphatic heterocycles. The van der Waals surface area contributed by atoms with Gasteiger partial charge in [-0.05, 0) is 54.8 Å². The number of pyridine rings is 1. The lowest BCUT2D eigenvalue weighted by molar-refractivity contribution is 0.0982. The van der Waals surface area contributed by atoms with Crippen molar-refractivity contribution in [2.45, 2.75) is 42.4 Å². The SMILES string of the molecule is CCCCOc1ccc(S(=O)(=O)c2ccc(CCC(=O)c3cnc4[nH]ncc4c3)cc2)cc1Cl. The zero-order valence-electron chi connectivity index (χ0n) is 18.6. The van der Waals surface area contributed by atoms with Crippen molar-refractivity contribution in [3.63, 3.8) is 0 Å². The van der Waals surface area contributed by atoms with Crippen molar-refractivity contribution in [3.8, 4) is 5.75 Å². The normalized spacial score (nSPS) is 11.6. The second kappa shape index (κ2) is 10.4. The molecule has 0 aliphatic rings. The standard InChI is InChI=1S/C25H24ClN3O4S/c1-2-3-12-33-24-11-9-21(14-22(24)26)34(31,32)20-7-4-17(5-8-20)6-10-23(30)18-13-19-16-28-29-25(19)27-15-18/h4-5,7-9,11,13-16H,2-3,6,10,12H2,1H3,(H,27,28,29). The van der Waals surface area contributed by atoms with Crippen LogP contribution in [0.15, 0.2) is 70.7 Å². The Morgan fingerprint density at radius 3 is 2.56 bits per heavy atom. The first-order chi connectivity index (χ1) is 16.4. The Kier molecular flexibility index (Phi) is 7.29. The highest BCUT2D eigenvalue weighted by Gasteiger charge is 2.19. The Labute approximate surface area is 203 Å². The number of sulfone groups is 1. The number of aromatic amines is 1. The Hall–Kier alpha value is -3.23. The van der Waals surface area contributed by atoms with Gasteiger partial charge in [0.2, 0.25) is 9.84 Å². The van der Waals surface area contributed by atoms with Crippen LogP contribution in [0.5, 0.6) is 5.75 Å². The molecule has 2 aromatic heterocycles. The van der Waals surface area contributed by atoms with Crippen molar-refractivity contribution < 1.29 is 17.9 Å². The Morgan fingerprint density at radius 1 is 1.06 bits per heavy atom. The number of unbranched alkanes of at least 4 members (excludes halogenated alkanes) is 1. The lowest BCUT2D eigenvalue weighted by Gasteiger charge is -2.10. The van der Waals surface area contributed by atoms with Gasteiger partial charge in [0.1, 0.15) is 5.75 Å². The molecule has 0 saturated carbocycles. The molecule has 0 saturated heterocycles. The van der Waals surface area contributed by atoms with Crippen molar-refractivity contribution in [3.05, 3.63) is 77.1 Å². The molecule has 7 nitrogen and oxygen atoms in total. The highest BCUT2D eigenvalue weighted by atomic mass is 35.5. The van der Waals surface area contributed by atoms with Crippen LogP contribution >= 0.6 is 11.6 Å². The number of hydrogen-bond donors (Lipinski definition) is 1. The lowest BCUT2D eigenvalue weighted by atomic mass is 10.0. The summed E-state index contributed by atoms with van der Waals surface area (Å²) in [6.07, 6.45) is 5.81. The topological polar surface area (TPSA) is 102 Å². The molecule has 4 aromatic rings. The maximum absolute atomic E-state index is 13.0. The van der Waals surface area contributed by atoms with Crippen LogP contribution in [-0.4, -0.2) is 36.0 Å². The van der Waals surface area contributed by atoms with Gasteiger partial charge in [-0.3, -0.25) is 9.89 Å². The van der Waals surface area contributed by atoms with Gasteiger partial charge >= 0.3 is 0 Å². The van der Waals surface area contributed by atoms with E-state index in [2.05, 4.69) is 22.1 Å². The number of aromatic nitrogens is 3. The summed E-state index contributed by atoms with van der Waals surface area (Å²) in [6, 6.07) is 12.8. The van der Waals surface area contributed by atoms with Crippen molar-refractivity contribution in [2.24, 2.45) is 0 Å². The van der Waals surface area contributed by atoms with Crippen molar-refractivity contribution in [1.82, 2.24) is 15.2 Å². The molecule has 34 heavy (non-hydrogen) atoms. The minimum Gasteiger partial charge on any atom is -0.492 e. The number of nitrogens with one attached hydrogen (secondary N) is 1. The van der Waals surface area contributed by atoms with E-state index in [1.165, 1.54) is 18.3 Å². The molecule has 1 N–H and O–H groups in total. The van der Waals surface area contributed by atoms with Crippen LogP contribution in [0.25, 0.3) is 11.0 Å². The molecule has 4 rings (SSSR count). The Bertz CT molecular complexity index is 1420. The first kappa shape index (κ1) is 23.9. The van der Waals surface area contributed by atoms with Crippen LogP contribution < -0.4 is 4.74 Å². The minimum absolute atomic E-state index is 0.0387. The summed E-state index contributed by atoms with van der Waals surface area (Å²) in [4.78, 5) is 17.0. The zero-order chi connectivity index (χ0) is 24.1. The van der Waals surface area contributed by atoms with Gasteiger partial charge in [-0.25, -0.2) is 13.4 Å². The molecule has 2 heterocycles. The number of H-pyrrole nitrogens is 1. The molecular weight excluding hydrogens is 474 g/mol. The fourth-order valence-corrected chi connectivity index (χ4v) is 5.04. The summed E-state index contributed by atoms with van der Waals surface area (Å²) in [7, 11) is -3.73. The monoisotopic (exact) mass is 497 g/mol. The maximum Gasteiger partial charge on any atom is 0.206 e. The van der Waals surface area contributed by atoms with E-state index >= 15 is 0 Å². The van der Waals surface area contributed by atoms with Crippen molar-refractivity contribution in [1.29, 1.82) is 0 Å². The molecule has 2 aromatic carbocycles. The zero-order valence-corrected chi connectivity index (χ0v) is 20.2. The fourth-order valence-electron chi connectivity index (χ4n) is 3.45. The van der Waals surface area contributed by atoms with Gasteiger partial charge in [0, 0.05) is 23.6 Å². The maximum atomic E-state index is 13.0. The third-order valence-electron chi connectivity index (χ3n) is 5.46. The summed E-state index contributed by atoms with van der Waals surface area (Å²) in [5.41, 5.74) is 2.02. The molecule has 176 valence electrons. The van der Waals surface area contributed by atoms with Crippen LogP contribution in [0.2, 0.25) is 5.02 Å². The predicted octanol–water partition coefficient (Wildman–Crippen LogP) is 5.44. The number of fused-ring (bicyclic) bond motifs is 1.